The summed E-state index contributed by atoms with van der Waals surface area (Å²) in [7, 11) is 0. The SMILES string of the molecule is O=C(O)CC(c1ccccc1)n1cnc2ccc(NC(=O)c3ccc(OC(F)(F)F)cc3)cc21. The lowest BCUT2D eigenvalue weighted by atomic mass is 10.0. The molecule has 1 unspecified atom stereocenters. The fourth-order valence-corrected chi connectivity index (χ4v) is 3.58. The number of ether oxygens (including phenoxy) is 1. The fourth-order valence-electron chi connectivity index (χ4n) is 3.58. The number of carboxylic acids is 1. The van der Waals surface area contributed by atoms with Gasteiger partial charge in [0.25, 0.3) is 5.91 Å². The van der Waals surface area contributed by atoms with Crippen LogP contribution in [0, 0.1) is 0 Å². The molecule has 0 aliphatic rings. The summed E-state index contributed by atoms with van der Waals surface area (Å²) in [4.78, 5) is 28.5. The van der Waals surface area contributed by atoms with E-state index in [1.54, 1.807) is 29.1 Å². The Labute approximate surface area is 191 Å². The smallest absolute Gasteiger partial charge is 0.481 e. The maximum Gasteiger partial charge on any atom is 0.573 e. The molecule has 0 aliphatic carbocycles. The number of hydrogen-bond donors (Lipinski definition) is 2. The van der Waals surface area contributed by atoms with E-state index in [2.05, 4.69) is 15.0 Å². The number of alkyl halides is 3. The van der Waals surface area contributed by atoms with Crippen LogP contribution in [0.25, 0.3) is 11.0 Å². The highest BCUT2D eigenvalue weighted by Crippen LogP contribution is 2.28. The number of amides is 1. The zero-order valence-corrected chi connectivity index (χ0v) is 17.5. The lowest BCUT2D eigenvalue weighted by Crippen LogP contribution is -2.17. The Morgan fingerprint density at radius 3 is 2.38 bits per heavy atom. The zero-order valence-electron chi connectivity index (χ0n) is 17.5. The van der Waals surface area contributed by atoms with Crippen LogP contribution in [-0.2, 0) is 4.79 Å². The zero-order chi connectivity index (χ0) is 24.3. The number of aliphatic carboxylic acids is 1. The van der Waals surface area contributed by atoms with Crippen molar-refractivity contribution >= 4 is 28.6 Å². The van der Waals surface area contributed by atoms with Gasteiger partial charge in [-0.05, 0) is 48.0 Å². The highest BCUT2D eigenvalue weighted by Gasteiger charge is 2.31. The minimum atomic E-state index is -4.82. The molecule has 1 amide bonds. The fraction of sp³-hybridized carbons (Fsp3) is 0.125. The molecule has 1 atom stereocenters. The molecule has 1 aromatic heterocycles. The normalized spacial score (nSPS) is 12.3. The second-order valence-corrected chi connectivity index (χ2v) is 7.41. The standard InChI is InChI=1S/C24H18F3N3O4/c25-24(26,27)34-18-9-6-16(7-10-18)23(33)29-17-8-11-19-21(12-17)30(14-28-19)20(13-22(31)32)15-4-2-1-3-5-15/h1-12,14,20H,13H2,(H,29,33)(H,31,32). The monoisotopic (exact) mass is 469 g/mol. The number of imidazole rings is 1. The predicted molar refractivity (Wildman–Crippen MR) is 118 cm³/mol. The van der Waals surface area contributed by atoms with Crippen LogP contribution in [0.1, 0.15) is 28.4 Å². The third kappa shape index (κ3) is 5.34. The molecule has 0 saturated heterocycles. The molecule has 174 valence electrons. The number of nitrogens with zero attached hydrogens (tertiary/aromatic N) is 2. The quantitative estimate of drug-likeness (QED) is 0.386. The van der Waals surface area contributed by atoms with Gasteiger partial charge in [-0.1, -0.05) is 30.3 Å². The summed E-state index contributed by atoms with van der Waals surface area (Å²) in [5, 5.41) is 12.1. The van der Waals surface area contributed by atoms with Crippen LogP contribution in [0.15, 0.2) is 79.1 Å². The van der Waals surface area contributed by atoms with Crippen LogP contribution in [0.5, 0.6) is 5.75 Å². The van der Waals surface area contributed by atoms with Crippen molar-refractivity contribution in [2.24, 2.45) is 0 Å². The van der Waals surface area contributed by atoms with E-state index in [1.807, 2.05) is 30.3 Å². The summed E-state index contributed by atoms with van der Waals surface area (Å²) < 4.78 is 42.5. The van der Waals surface area contributed by atoms with Gasteiger partial charge in [-0.25, -0.2) is 4.98 Å². The first-order chi connectivity index (χ1) is 16.2. The average Bonchev–Trinajstić information content (AvgIpc) is 3.20. The summed E-state index contributed by atoms with van der Waals surface area (Å²) in [6, 6.07) is 18.1. The van der Waals surface area contributed by atoms with Crippen LogP contribution >= 0.6 is 0 Å². The lowest BCUT2D eigenvalue weighted by Gasteiger charge is -2.18. The molecule has 4 aromatic rings. The molecule has 3 aromatic carbocycles. The Balaban J connectivity index is 1.59. The number of carbonyl (C=O) groups is 2. The summed E-state index contributed by atoms with van der Waals surface area (Å²) in [5.74, 6) is -1.94. The number of aromatic nitrogens is 2. The summed E-state index contributed by atoms with van der Waals surface area (Å²) in [6.07, 6.45) is -3.44. The second-order valence-electron chi connectivity index (χ2n) is 7.41. The molecule has 4 rings (SSSR count). The van der Waals surface area contributed by atoms with Crippen LogP contribution in [0.3, 0.4) is 0 Å². The second kappa shape index (κ2) is 9.26. The van der Waals surface area contributed by atoms with Gasteiger partial charge in [-0.15, -0.1) is 13.2 Å². The van der Waals surface area contributed by atoms with E-state index in [9.17, 15) is 27.9 Å². The van der Waals surface area contributed by atoms with Crippen molar-refractivity contribution in [2.75, 3.05) is 5.32 Å². The summed E-state index contributed by atoms with van der Waals surface area (Å²) >= 11 is 0. The Morgan fingerprint density at radius 1 is 1.03 bits per heavy atom. The van der Waals surface area contributed by atoms with Gasteiger partial charge in [0, 0.05) is 11.3 Å². The van der Waals surface area contributed by atoms with Crippen LogP contribution in [0.2, 0.25) is 0 Å². The largest absolute Gasteiger partial charge is 0.573 e. The van der Waals surface area contributed by atoms with Gasteiger partial charge in [-0.2, -0.15) is 0 Å². The third-order valence-corrected chi connectivity index (χ3v) is 5.07. The minimum Gasteiger partial charge on any atom is -0.481 e. The number of carbonyl (C=O) groups excluding carboxylic acids is 1. The van der Waals surface area contributed by atoms with Gasteiger partial charge >= 0.3 is 12.3 Å². The molecule has 34 heavy (non-hydrogen) atoms. The van der Waals surface area contributed by atoms with E-state index in [0.29, 0.717) is 16.7 Å². The minimum absolute atomic E-state index is 0.135. The Hall–Kier alpha value is -4.34. The maximum atomic E-state index is 12.6. The summed E-state index contributed by atoms with van der Waals surface area (Å²) in [6.45, 7) is 0. The molecule has 7 nitrogen and oxygen atoms in total. The molecule has 0 bridgehead atoms. The van der Waals surface area contributed by atoms with Crippen molar-refractivity contribution in [2.45, 2.75) is 18.8 Å². The van der Waals surface area contributed by atoms with E-state index in [1.165, 1.54) is 12.1 Å². The molecule has 0 saturated carbocycles. The third-order valence-electron chi connectivity index (χ3n) is 5.07. The van der Waals surface area contributed by atoms with Crippen molar-refractivity contribution in [1.82, 2.24) is 9.55 Å². The van der Waals surface area contributed by atoms with Crippen molar-refractivity contribution in [1.29, 1.82) is 0 Å². The molecule has 0 aliphatic heterocycles. The van der Waals surface area contributed by atoms with E-state index in [4.69, 9.17) is 0 Å². The van der Waals surface area contributed by atoms with Gasteiger partial charge in [0.15, 0.2) is 0 Å². The Morgan fingerprint density at radius 2 is 1.74 bits per heavy atom. The van der Waals surface area contributed by atoms with Gasteiger partial charge in [0.1, 0.15) is 5.75 Å². The highest BCUT2D eigenvalue weighted by atomic mass is 19.4. The number of anilines is 1. The molecule has 2 N–H and O–H groups in total. The van der Waals surface area contributed by atoms with Gasteiger partial charge in [0.05, 0.1) is 29.8 Å². The van der Waals surface area contributed by atoms with Gasteiger partial charge in [0.2, 0.25) is 0 Å². The number of hydrogen-bond acceptors (Lipinski definition) is 4. The Bertz CT molecular complexity index is 1320. The summed E-state index contributed by atoms with van der Waals surface area (Å²) in [5.41, 5.74) is 2.56. The topological polar surface area (TPSA) is 93.5 Å². The average molecular weight is 469 g/mol. The number of nitrogens with one attached hydrogen (secondary N) is 1. The van der Waals surface area contributed by atoms with Crippen molar-refractivity contribution in [3.63, 3.8) is 0 Å². The van der Waals surface area contributed by atoms with Gasteiger partial charge in [-0.3, -0.25) is 9.59 Å². The van der Waals surface area contributed by atoms with Crippen molar-refractivity contribution in [3.8, 4) is 5.75 Å². The van der Waals surface area contributed by atoms with Gasteiger partial charge < -0.3 is 19.7 Å². The Kier molecular flexibility index (Phi) is 6.22. The number of carboxylic acid groups (broad SMARTS) is 1. The van der Waals surface area contributed by atoms with Crippen LogP contribution in [0.4, 0.5) is 18.9 Å². The lowest BCUT2D eigenvalue weighted by molar-refractivity contribution is -0.274. The van der Waals surface area contributed by atoms with Crippen LogP contribution in [-0.4, -0.2) is 32.9 Å². The number of benzene rings is 3. The number of fused-ring (bicyclic) bond motifs is 1. The first-order valence-electron chi connectivity index (χ1n) is 10.1. The predicted octanol–water partition coefficient (Wildman–Crippen LogP) is 5.25. The van der Waals surface area contributed by atoms with E-state index >= 15 is 0 Å². The van der Waals surface area contributed by atoms with Crippen LogP contribution < -0.4 is 10.1 Å². The molecular weight excluding hydrogens is 451 g/mol. The van der Waals surface area contributed by atoms with E-state index in [0.717, 1.165) is 17.7 Å². The highest BCUT2D eigenvalue weighted by molar-refractivity contribution is 6.05. The van der Waals surface area contributed by atoms with E-state index in [-0.39, 0.29) is 12.0 Å². The molecule has 0 spiro atoms. The molecule has 0 radical (unpaired) electrons. The van der Waals surface area contributed by atoms with E-state index < -0.39 is 30.0 Å². The molecular formula is C24H18F3N3O4. The van der Waals surface area contributed by atoms with Crippen molar-refractivity contribution < 1.29 is 32.6 Å². The number of rotatable bonds is 7. The number of halogens is 3. The first kappa shape index (κ1) is 22.8. The van der Waals surface area contributed by atoms with Crippen molar-refractivity contribution in [3.05, 3.63) is 90.3 Å². The first-order valence-corrected chi connectivity index (χ1v) is 10.1. The molecule has 1 heterocycles. The molecule has 10 heteroatoms. The maximum absolute atomic E-state index is 12.6. The molecule has 0 fully saturated rings.